The van der Waals surface area contributed by atoms with Crippen LogP contribution in [0.4, 0.5) is 0 Å². The van der Waals surface area contributed by atoms with Gasteiger partial charge in [-0.2, -0.15) is 0 Å². The van der Waals surface area contributed by atoms with Crippen molar-refractivity contribution in [3.05, 3.63) is 62.7 Å². The Kier molecular flexibility index (Phi) is 8.21. The van der Waals surface area contributed by atoms with Crippen molar-refractivity contribution in [3.63, 3.8) is 0 Å². The molecule has 0 saturated carbocycles. The van der Waals surface area contributed by atoms with E-state index in [1.165, 1.54) is 32.9 Å². The number of aromatic hydroxyl groups is 2. The number of thioether (sulfide) groups is 1. The Morgan fingerprint density at radius 2 is 1.80 bits per heavy atom. The van der Waals surface area contributed by atoms with Crippen LogP contribution < -0.4 is 29.0 Å². The van der Waals surface area contributed by atoms with Gasteiger partial charge >= 0.3 is 11.9 Å². The van der Waals surface area contributed by atoms with Crippen molar-refractivity contribution >= 4 is 23.7 Å². The molecule has 1 spiro atoms. The third-order valence-corrected chi connectivity index (χ3v) is 13.7. The molecular formula is C39H43N3O11S. The molecule has 1 unspecified atom stereocenters. The molecule has 2 fully saturated rings. The van der Waals surface area contributed by atoms with E-state index in [1.54, 1.807) is 12.1 Å². The summed E-state index contributed by atoms with van der Waals surface area (Å²) in [6.45, 7) is 5.26. The van der Waals surface area contributed by atoms with Crippen LogP contribution in [0.25, 0.3) is 0 Å². The number of nitrogens with one attached hydrogen (secondary N) is 1. The van der Waals surface area contributed by atoms with E-state index in [0.29, 0.717) is 70.2 Å². The normalized spacial score (nSPS) is 29.4. The fraction of sp³-hybridized carbons (Fsp3) is 0.487. The number of hydrogen-bond acceptors (Lipinski definition) is 15. The molecule has 15 heteroatoms. The third-order valence-electron chi connectivity index (χ3n) is 12.3. The van der Waals surface area contributed by atoms with Gasteiger partial charge in [0.25, 0.3) is 0 Å². The SMILES string of the molecule is COc1cc2c(cc1O)CCN[C@@]21CS[C@H]2c3c(OC(C)=O)c(C)c4c(c3[C@@H](COC1=O)N1[C@H](O)[C@H]3Cc5cc(C)c(OC)c(O)c5C([C@@H]21)N3C)OCO4. The van der Waals surface area contributed by atoms with Crippen molar-refractivity contribution in [2.24, 2.45) is 0 Å². The van der Waals surface area contributed by atoms with E-state index in [2.05, 4.69) is 10.2 Å². The molecule has 0 amide bonds. The van der Waals surface area contributed by atoms with E-state index in [0.717, 1.165) is 16.7 Å². The number of carbonyl (C=O) groups is 2. The molecular weight excluding hydrogens is 719 g/mol. The molecule has 7 heterocycles. The van der Waals surface area contributed by atoms with E-state index >= 15 is 0 Å². The summed E-state index contributed by atoms with van der Waals surface area (Å²) in [5.74, 6) is 0.949. The average Bonchev–Trinajstić information content (AvgIpc) is 3.63. The maximum atomic E-state index is 14.7. The molecule has 286 valence electrons. The van der Waals surface area contributed by atoms with Crippen molar-refractivity contribution in [1.29, 1.82) is 0 Å². The monoisotopic (exact) mass is 761 g/mol. The minimum Gasteiger partial charge on any atom is -0.504 e. The van der Waals surface area contributed by atoms with E-state index in [9.17, 15) is 24.9 Å². The summed E-state index contributed by atoms with van der Waals surface area (Å²) < 4.78 is 35.9. The Labute approximate surface area is 316 Å². The van der Waals surface area contributed by atoms with Gasteiger partial charge in [-0.3, -0.25) is 19.9 Å². The zero-order valence-corrected chi connectivity index (χ0v) is 31.7. The molecule has 10 rings (SSSR count). The highest BCUT2D eigenvalue weighted by atomic mass is 32.2. The third kappa shape index (κ3) is 4.74. The van der Waals surface area contributed by atoms with Gasteiger partial charge in [-0.15, -0.1) is 11.8 Å². The number of hydrogen-bond donors (Lipinski definition) is 4. The van der Waals surface area contributed by atoms with Gasteiger partial charge in [0.15, 0.2) is 40.0 Å². The van der Waals surface area contributed by atoms with Gasteiger partial charge < -0.3 is 43.7 Å². The molecule has 3 aromatic rings. The molecule has 54 heavy (non-hydrogen) atoms. The summed E-state index contributed by atoms with van der Waals surface area (Å²) in [6, 6.07) is 3.13. The molecule has 2 saturated heterocycles. The quantitative estimate of drug-likeness (QED) is 0.226. The van der Waals surface area contributed by atoms with Gasteiger partial charge in [-0.25, -0.2) is 4.79 Å². The van der Waals surface area contributed by atoms with Gasteiger partial charge in [0.1, 0.15) is 18.6 Å². The van der Waals surface area contributed by atoms with Gasteiger partial charge in [-0.05, 0) is 68.1 Å². The van der Waals surface area contributed by atoms with Crippen LogP contribution in [0.1, 0.15) is 68.8 Å². The lowest BCUT2D eigenvalue weighted by Gasteiger charge is -2.62. The van der Waals surface area contributed by atoms with E-state index in [-0.39, 0.29) is 42.4 Å². The second-order valence-electron chi connectivity index (χ2n) is 14.9. The van der Waals surface area contributed by atoms with Gasteiger partial charge in [-0.1, -0.05) is 6.07 Å². The molecule has 14 nitrogen and oxygen atoms in total. The van der Waals surface area contributed by atoms with Crippen LogP contribution in [0.2, 0.25) is 0 Å². The summed E-state index contributed by atoms with van der Waals surface area (Å²) in [5, 5.41) is 38.2. The molecule has 7 atom stereocenters. The first-order valence-corrected chi connectivity index (χ1v) is 19.1. The maximum absolute atomic E-state index is 14.7. The number of methoxy groups -OCH3 is 2. The number of aliphatic hydroxyl groups excluding tert-OH is 1. The predicted octanol–water partition coefficient (Wildman–Crippen LogP) is 3.41. The first kappa shape index (κ1) is 35.3. The van der Waals surface area contributed by atoms with Crippen LogP contribution in [-0.4, -0.2) is 102 Å². The number of fused-ring (bicyclic) bond motifs is 9. The lowest BCUT2D eigenvalue weighted by atomic mass is 9.73. The van der Waals surface area contributed by atoms with Crippen LogP contribution >= 0.6 is 11.8 Å². The Morgan fingerprint density at radius 1 is 1.02 bits per heavy atom. The number of phenols is 2. The number of carbonyl (C=O) groups excluding carboxylic acids is 2. The van der Waals surface area contributed by atoms with Crippen molar-refractivity contribution < 1.29 is 53.3 Å². The molecule has 0 radical (unpaired) electrons. The number of aliphatic hydroxyl groups is 1. The Hall–Kier alpha value is -4.41. The predicted molar refractivity (Wildman–Crippen MR) is 195 cm³/mol. The minimum atomic E-state index is -1.36. The lowest BCUT2D eigenvalue weighted by Crippen LogP contribution is -2.70. The maximum Gasteiger partial charge on any atom is 0.331 e. The summed E-state index contributed by atoms with van der Waals surface area (Å²) in [5.41, 5.74) is 4.36. The molecule has 7 aliphatic rings. The highest BCUT2D eigenvalue weighted by Gasteiger charge is 2.61. The number of benzene rings is 3. The topological polar surface area (TPSA) is 169 Å². The van der Waals surface area contributed by atoms with E-state index < -0.39 is 47.1 Å². The second-order valence-corrected chi connectivity index (χ2v) is 16.1. The molecule has 7 aliphatic heterocycles. The summed E-state index contributed by atoms with van der Waals surface area (Å²) in [4.78, 5) is 31.7. The highest BCUT2D eigenvalue weighted by Crippen LogP contribution is 2.64. The summed E-state index contributed by atoms with van der Waals surface area (Å²) >= 11 is 1.47. The summed E-state index contributed by atoms with van der Waals surface area (Å²) in [7, 11) is 4.96. The second kappa shape index (κ2) is 12.6. The average molecular weight is 762 g/mol. The largest absolute Gasteiger partial charge is 0.504 e. The molecule has 3 aromatic carbocycles. The van der Waals surface area contributed by atoms with Gasteiger partial charge in [0, 0.05) is 47.5 Å². The van der Waals surface area contributed by atoms with Crippen LogP contribution in [0.5, 0.6) is 40.2 Å². The minimum absolute atomic E-state index is 0.0226. The molecule has 0 aliphatic carbocycles. The van der Waals surface area contributed by atoms with Gasteiger partial charge in [0.2, 0.25) is 6.79 Å². The first-order valence-electron chi connectivity index (χ1n) is 18.1. The number of likely N-dealkylation sites (N-methyl/N-ethyl adjacent to an activating group) is 1. The van der Waals surface area contributed by atoms with Crippen LogP contribution in [0, 0.1) is 13.8 Å². The number of esters is 2. The number of rotatable bonds is 3. The lowest BCUT2D eigenvalue weighted by molar-refractivity contribution is -0.186. The molecule has 4 bridgehead atoms. The fourth-order valence-electron chi connectivity index (χ4n) is 10.00. The Morgan fingerprint density at radius 3 is 2.54 bits per heavy atom. The Bertz CT molecular complexity index is 2130. The zero-order chi connectivity index (χ0) is 38.0. The highest BCUT2D eigenvalue weighted by molar-refractivity contribution is 7.99. The number of phenolic OH excluding ortho intramolecular Hbond substituents is 2. The van der Waals surface area contributed by atoms with Crippen LogP contribution in [0.15, 0.2) is 18.2 Å². The molecule has 0 aromatic heterocycles. The van der Waals surface area contributed by atoms with E-state index in [4.69, 9.17) is 28.4 Å². The summed E-state index contributed by atoms with van der Waals surface area (Å²) in [6.07, 6.45) is -0.0282. The number of ether oxygens (including phenoxy) is 6. The zero-order valence-electron chi connectivity index (χ0n) is 30.8. The van der Waals surface area contributed by atoms with Crippen LogP contribution in [-0.2, 0) is 32.7 Å². The Balaban J connectivity index is 1.32. The smallest absolute Gasteiger partial charge is 0.331 e. The van der Waals surface area contributed by atoms with Crippen molar-refractivity contribution in [2.75, 3.05) is 47.0 Å². The number of piperazine rings is 1. The number of nitrogens with zero attached hydrogens (tertiary/aromatic N) is 2. The van der Waals surface area contributed by atoms with Crippen LogP contribution in [0.3, 0.4) is 0 Å². The first-order chi connectivity index (χ1) is 25.9. The van der Waals surface area contributed by atoms with Crippen molar-refractivity contribution in [3.8, 4) is 40.2 Å². The standard InChI is InChI=1S/C39H43N3O11S/c1-16-9-20-10-22-37(46)42-23-13-50-38(47)39(21-12-25(48-5)24(44)11-19(21)7-8-40-39)14-54-36(30(42)29(41(22)4)26(20)31(45)32(16)49-6)28-27(23)35-34(51-15-52-35)17(2)33(28)53-18(3)43/h9,11-12,22-23,29-30,36-37,40,44-46H,7-8,10,13-15H2,1-6H3/t22-,23-,29?,30+,36+,37-,39+/m1/s1. The molecule has 4 N–H and O–H groups in total. The van der Waals surface area contributed by atoms with Crippen molar-refractivity contribution in [1.82, 2.24) is 15.1 Å². The number of aryl methyl sites for hydroxylation is 1. The van der Waals surface area contributed by atoms with E-state index in [1.807, 2.05) is 31.9 Å². The van der Waals surface area contributed by atoms with Gasteiger partial charge in [0.05, 0.1) is 37.6 Å². The van der Waals surface area contributed by atoms with Crippen molar-refractivity contribution in [2.45, 2.75) is 74.8 Å². The fourth-order valence-corrected chi connectivity index (χ4v) is 11.7.